The number of fused-ring (bicyclic) bond motifs is 1. The summed E-state index contributed by atoms with van der Waals surface area (Å²) in [5, 5.41) is 2.92. The summed E-state index contributed by atoms with van der Waals surface area (Å²) < 4.78 is 10.8. The van der Waals surface area contributed by atoms with Gasteiger partial charge in [0, 0.05) is 19.6 Å². The highest BCUT2D eigenvalue weighted by molar-refractivity contribution is 5.84. The Bertz CT molecular complexity index is 708. The Morgan fingerprint density at radius 3 is 2.48 bits per heavy atom. The van der Waals surface area contributed by atoms with E-state index in [4.69, 9.17) is 9.47 Å². The third kappa shape index (κ3) is 5.55. The fraction of sp³-hybridized carbons (Fsp3) is 0.636. The van der Waals surface area contributed by atoms with Crippen LogP contribution in [0.2, 0.25) is 0 Å². The second kappa shape index (κ2) is 10.9. The van der Waals surface area contributed by atoms with Crippen LogP contribution < -0.4 is 14.8 Å². The first-order valence-electron chi connectivity index (χ1n) is 10.5. The van der Waals surface area contributed by atoms with Gasteiger partial charge >= 0.3 is 6.03 Å². The molecule has 1 heterocycles. The molecule has 0 saturated carbocycles. The molecule has 3 amide bonds. The van der Waals surface area contributed by atoms with Crippen molar-refractivity contribution in [1.29, 1.82) is 0 Å². The highest BCUT2D eigenvalue weighted by Gasteiger charge is 2.30. The van der Waals surface area contributed by atoms with Gasteiger partial charge in [0.15, 0.2) is 11.5 Å². The van der Waals surface area contributed by atoms with E-state index in [-0.39, 0.29) is 24.5 Å². The molecule has 1 unspecified atom stereocenters. The number of carbonyl (C=O) groups is 2. The number of rotatable bonds is 9. The van der Waals surface area contributed by atoms with Gasteiger partial charge in [0.25, 0.3) is 0 Å². The Labute approximate surface area is 174 Å². The maximum Gasteiger partial charge on any atom is 0.317 e. The van der Waals surface area contributed by atoms with Gasteiger partial charge in [-0.25, -0.2) is 4.79 Å². The number of nitrogens with zero attached hydrogens (tertiary/aromatic N) is 2. The van der Waals surface area contributed by atoms with E-state index in [9.17, 15) is 9.59 Å². The molecule has 0 spiro atoms. The number of ether oxygens (including phenoxy) is 2. The lowest BCUT2D eigenvalue weighted by Gasteiger charge is -2.37. The summed E-state index contributed by atoms with van der Waals surface area (Å²) in [6, 6.07) is 3.71. The molecule has 1 aromatic rings. The minimum Gasteiger partial charge on any atom is -0.493 e. The van der Waals surface area contributed by atoms with Crippen molar-refractivity contribution < 1.29 is 19.1 Å². The van der Waals surface area contributed by atoms with Crippen LogP contribution in [0.1, 0.15) is 57.2 Å². The molecule has 0 aromatic heterocycles. The Morgan fingerprint density at radius 1 is 1.17 bits per heavy atom. The number of carbonyl (C=O) groups excluding carboxylic acids is 2. The molecular formula is C22H35N3O4. The number of urea groups is 1. The van der Waals surface area contributed by atoms with Crippen molar-refractivity contribution in [3.63, 3.8) is 0 Å². The van der Waals surface area contributed by atoms with E-state index in [0.717, 1.165) is 31.2 Å². The molecule has 7 heteroatoms. The number of methoxy groups -OCH3 is 2. The zero-order chi connectivity index (χ0) is 21.4. The maximum atomic E-state index is 13.1. The first-order valence-corrected chi connectivity index (χ1v) is 10.5. The summed E-state index contributed by atoms with van der Waals surface area (Å²) in [6.07, 6.45) is 3.52. The van der Waals surface area contributed by atoms with Gasteiger partial charge in [0.2, 0.25) is 5.91 Å². The molecule has 1 N–H and O–H groups in total. The van der Waals surface area contributed by atoms with Crippen LogP contribution in [-0.4, -0.2) is 62.1 Å². The molecule has 1 atom stereocenters. The molecule has 2 rings (SSSR count). The smallest absolute Gasteiger partial charge is 0.317 e. The number of hydrogen-bond acceptors (Lipinski definition) is 4. The largest absolute Gasteiger partial charge is 0.493 e. The fourth-order valence-electron chi connectivity index (χ4n) is 3.75. The molecule has 162 valence electrons. The van der Waals surface area contributed by atoms with E-state index in [1.807, 2.05) is 30.9 Å². The standard InChI is InChI=1S/C22H35N3O4/c1-6-8-10-23-22(27)24(11-7-2)15-21(26)25-12-9-17-13-19(28-4)20(29-5)14-18(17)16(25)3/h13-14,16H,6-12,15H2,1-5H3,(H,23,27). The SMILES string of the molecule is CCCCNC(=O)N(CCC)CC(=O)N1CCc2cc(OC)c(OC)cc2C1C. The zero-order valence-corrected chi connectivity index (χ0v) is 18.4. The fourth-order valence-corrected chi connectivity index (χ4v) is 3.75. The van der Waals surface area contributed by atoms with E-state index in [1.165, 1.54) is 5.56 Å². The Kier molecular flexibility index (Phi) is 8.61. The van der Waals surface area contributed by atoms with Crippen LogP contribution in [0.3, 0.4) is 0 Å². The molecule has 0 saturated heterocycles. The predicted octanol–water partition coefficient (Wildman–Crippen LogP) is 3.37. The summed E-state index contributed by atoms with van der Waals surface area (Å²) in [5.74, 6) is 1.34. The van der Waals surface area contributed by atoms with E-state index >= 15 is 0 Å². The number of benzene rings is 1. The van der Waals surface area contributed by atoms with Crippen molar-refractivity contribution in [3.8, 4) is 11.5 Å². The van der Waals surface area contributed by atoms with Crippen LogP contribution in [-0.2, 0) is 11.2 Å². The number of unbranched alkanes of at least 4 members (excludes halogenated alkanes) is 1. The van der Waals surface area contributed by atoms with Crippen LogP contribution in [0, 0.1) is 0 Å². The number of amides is 3. The Morgan fingerprint density at radius 2 is 1.86 bits per heavy atom. The van der Waals surface area contributed by atoms with Crippen molar-refractivity contribution in [2.45, 2.75) is 52.5 Å². The molecule has 1 aliphatic heterocycles. The minimum atomic E-state index is -0.162. The molecule has 0 bridgehead atoms. The van der Waals surface area contributed by atoms with Crippen molar-refractivity contribution in [2.75, 3.05) is 40.4 Å². The van der Waals surface area contributed by atoms with Gasteiger partial charge in [0.1, 0.15) is 6.54 Å². The summed E-state index contributed by atoms with van der Waals surface area (Å²) in [7, 11) is 3.24. The average molecular weight is 406 g/mol. The number of nitrogens with one attached hydrogen (secondary N) is 1. The van der Waals surface area contributed by atoms with E-state index < -0.39 is 0 Å². The predicted molar refractivity (Wildman–Crippen MR) is 114 cm³/mol. The second-order valence-corrected chi connectivity index (χ2v) is 7.43. The average Bonchev–Trinajstić information content (AvgIpc) is 2.72. The summed E-state index contributed by atoms with van der Waals surface area (Å²) in [4.78, 5) is 29.0. The monoisotopic (exact) mass is 405 g/mol. The van der Waals surface area contributed by atoms with Crippen LogP contribution in [0.4, 0.5) is 4.79 Å². The Balaban J connectivity index is 2.11. The van der Waals surface area contributed by atoms with Crippen molar-refractivity contribution >= 4 is 11.9 Å². The summed E-state index contributed by atoms with van der Waals surface area (Å²) >= 11 is 0. The van der Waals surface area contributed by atoms with Gasteiger partial charge in [-0.3, -0.25) is 4.79 Å². The van der Waals surface area contributed by atoms with Gasteiger partial charge in [-0.05, 0) is 49.4 Å². The minimum absolute atomic E-state index is 0.0305. The van der Waals surface area contributed by atoms with Gasteiger partial charge in [-0.15, -0.1) is 0 Å². The first-order chi connectivity index (χ1) is 14.0. The highest BCUT2D eigenvalue weighted by atomic mass is 16.5. The zero-order valence-electron chi connectivity index (χ0n) is 18.4. The highest BCUT2D eigenvalue weighted by Crippen LogP contribution is 2.37. The van der Waals surface area contributed by atoms with Crippen LogP contribution >= 0.6 is 0 Å². The molecule has 1 aromatic carbocycles. The lowest BCUT2D eigenvalue weighted by atomic mass is 9.92. The van der Waals surface area contributed by atoms with Crippen molar-refractivity contribution in [3.05, 3.63) is 23.3 Å². The van der Waals surface area contributed by atoms with E-state index in [1.54, 1.807) is 19.1 Å². The van der Waals surface area contributed by atoms with Crippen LogP contribution in [0.15, 0.2) is 12.1 Å². The topological polar surface area (TPSA) is 71.1 Å². The van der Waals surface area contributed by atoms with Gasteiger partial charge in [-0.2, -0.15) is 0 Å². The van der Waals surface area contributed by atoms with E-state index in [0.29, 0.717) is 31.1 Å². The lowest BCUT2D eigenvalue weighted by molar-refractivity contribution is -0.134. The molecule has 0 radical (unpaired) electrons. The third-order valence-corrected chi connectivity index (χ3v) is 5.42. The second-order valence-electron chi connectivity index (χ2n) is 7.43. The lowest BCUT2D eigenvalue weighted by Crippen LogP contribution is -2.49. The third-order valence-electron chi connectivity index (χ3n) is 5.42. The Hall–Kier alpha value is -2.44. The van der Waals surface area contributed by atoms with Gasteiger partial charge in [0.05, 0.1) is 20.3 Å². The summed E-state index contributed by atoms with van der Waals surface area (Å²) in [6.45, 7) is 8.04. The maximum absolute atomic E-state index is 13.1. The molecule has 7 nitrogen and oxygen atoms in total. The van der Waals surface area contributed by atoms with Crippen molar-refractivity contribution in [2.24, 2.45) is 0 Å². The molecule has 0 fully saturated rings. The quantitative estimate of drug-likeness (QED) is 0.640. The van der Waals surface area contributed by atoms with E-state index in [2.05, 4.69) is 12.2 Å². The van der Waals surface area contributed by atoms with Gasteiger partial charge < -0.3 is 24.6 Å². The summed E-state index contributed by atoms with van der Waals surface area (Å²) in [5.41, 5.74) is 2.23. The molecule has 0 aliphatic carbocycles. The molecule has 1 aliphatic rings. The van der Waals surface area contributed by atoms with Crippen LogP contribution in [0.25, 0.3) is 0 Å². The van der Waals surface area contributed by atoms with Crippen molar-refractivity contribution in [1.82, 2.24) is 15.1 Å². The normalized spacial score (nSPS) is 15.5. The first kappa shape index (κ1) is 22.8. The molecular weight excluding hydrogens is 370 g/mol. The number of hydrogen-bond donors (Lipinski definition) is 1. The van der Waals surface area contributed by atoms with Gasteiger partial charge in [-0.1, -0.05) is 20.3 Å². The molecule has 29 heavy (non-hydrogen) atoms. The van der Waals surface area contributed by atoms with Crippen LogP contribution in [0.5, 0.6) is 11.5 Å².